The summed E-state index contributed by atoms with van der Waals surface area (Å²) in [4.78, 5) is 24.4. The van der Waals surface area contributed by atoms with Crippen LogP contribution in [0.3, 0.4) is 0 Å². The van der Waals surface area contributed by atoms with E-state index >= 15 is 0 Å². The average molecular weight is 434 g/mol. The summed E-state index contributed by atoms with van der Waals surface area (Å²) < 4.78 is 16.1. The van der Waals surface area contributed by atoms with Crippen molar-refractivity contribution in [3.8, 4) is 5.75 Å². The number of rotatable bonds is 11. The highest BCUT2D eigenvalue weighted by Gasteiger charge is 2.22. The van der Waals surface area contributed by atoms with Crippen LogP contribution in [0.2, 0.25) is 0 Å². The van der Waals surface area contributed by atoms with Crippen LogP contribution in [-0.2, 0) is 38.7 Å². The molecule has 6 nitrogen and oxygen atoms in total. The number of ether oxygens (including phenoxy) is 3. The van der Waals surface area contributed by atoms with Gasteiger partial charge in [0.15, 0.2) is 0 Å². The Bertz CT molecular complexity index is 974. The Kier molecular flexibility index (Phi) is 8.83. The molecule has 6 heteroatoms. The van der Waals surface area contributed by atoms with Crippen LogP contribution in [0, 0.1) is 0 Å². The third-order valence-corrected chi connectivity index (χ3v) is 4.78. The van der Waals surface area contributed by atoms with E-state index in [1.54, 1.807) is 0 Å². The fraction of sp³-hybridized carbons (Fsp3) is 0.231. The molecule has 0 aromatic heterocycles. The Morgan fingerprint density at radius 2 is 1.38 bits per heavy atom. The van der Waals surface area contributed by atoms with Gasteiger partial charge in [0.2, 0.25) is 5.91 Å². The summed E-state index contributed by atoms with van der Waals surface area (Å²) in [6.07, 6.45) is 0.302. The molecule has 0 heterocycles. The molecule has 1 N–H and O–H groups in total. The first-order chi connectivity index (χ1) is 15.6. The van der Waals surface area contributed by atoms with Crippen LogP contribution in [0.25, 0.3) is 0 Å². The van der Waals surface area contributed by atoms with Gasteiger partial charge in [-0.25, -0.2) is 4.79 Å². The Morgan fingerprint density at radius 1 is 0.781 bits per heavy atom. The molecule has 0 spiro atoms. The second-order valence-electron chi connectivity index (χ2n) is 7.24. The summed E-state index contributed by atoms with van der Waals surface area (Å²) in [6, 6.07) is 26.1. The fourth-order valence-electron chi connectivity index (χ4n) is 3.11. The minimum absolute atomic E-state index is 0.144. The normalized spacial score (nSPS) is 11.4. The van der Waals surface area contributed by atoms with Crippen molar-refractivity contribution in [1.82, 2.24) is 5.32 Å². The first-order valence-corrected chi connectivity index (χ1v) is 10.4. The maximum absolute atomic E-state index is 12.3. The average Bonchev–Trinajstić information content (AvgIpc) is 2.84. The zero-order valence-corrected chi connectivity index (χ0v) is 18.0. The Balaban J connectivity index is 1.49. The van der Waals surface area contributed by atoms with Crippen molar-refractivity contribution in [2.45, 2.75) is 25.7 Å². The molecule has 3 aromatic carbocycles. The molecule has 166 valence electrons. The first-order valence-electron chi connectivity index (χ1n) is 10.4. The third kappa shape index (κ3) is 7.56. The summed E-state index contributed by atoms with van der Waals surface area (Å²) in [5.41, 5.74) is 2.93. The summed E-state index contributed by atoms with van der Waals surface area (Å²) >= 11 is 0. The van der Waals surface area contributed by atoms with Gasteiger partial charge in [0.1, 0.15) is 25.0 Å². The van der Waals surface area contributed by atoms with Crippen molar-refractivity contribution >= 4 is 11.9 Å². The monoisotopic (exact) mass is 433 g/mol. The lowest BCUT2D eigenvalue weighted by Gasteiger charge is -2.17. The lowest BCUT2D eigenvalue weighted by Crippen LogP contribution is -2.44. The van der Waals surface area contributed by atoms with Gasteiger partial charge in [0, 0.05) is 6.42 Å². The molecule has 0 bridgehead atoms. The summed E-state index contributed by atoms with van der Waals surface area (Å²) in [5, 5.41) is 2.69. The Labute approximate surface area is 188 Å². The van der Waals surface area contributed by atoms with Crippen LogP contribution in [0.5, 0.6) is 5.75 Å². The molecule has 1 amide bonds. The molecular formula is C26H27NO5. The fourth-order valence-corrected chi connectivity index (χ4v) is 3.11. The van der Waals surface area contributed by atoms with Gasteiger partial charge in [-0.15, -0.1) is 0 Å². The van der Waals surface area contributed by atoms with Gasteiger partial charge in [-0.2, -0.15) is 0 Å². The van der Waals surface area contributed by atoms with E-state index in [0.29, 0.717) is 19.6 Å². The van der Waals surface area contributed by atoms with Crippen LogP contribution in [-0.4, -0.2) is 31.6 Å². The van der Waals surface area contributed by atoms with Gasteiger partial charge in [-0.05, 0) is 28.8 Å². The molecule has 0 radical (unpaired) electrons. The van der Waals surface area contributed by atoms with Gasteiger partial charge in [0.05, 0.1) is 13.7 Å². The van der Waals surface area contributed by atoms with E-state index in [2.05, 4.69) is 5.32 Å². The Morgan fingerprint density at radius 3 is 1.97 bits per heavy atom. The first kappa shape index (κ1) is 23.0. The Hall–Kier alpha value is -3.64. The maximum atomic E-state index is 12.3. The van der Waals surface area contributed by atoms with Gasteiger partial charge < -0.3 is 19.5 Å². The van der Waals surface area contributed by atoms with E-state index in [0.717, 1.165) is 22.4 Å². The number of benzene rings is 3. The molecule has 32 heavy (non-hydrogen) atoms. The van der Waals surface area contributed by atoms with Crippen molar-refractivity contribution in [2.75, 3.05) is 13.7 Å². The predicted octanol–water partition coefficient (Wildman–Crippen LogP) is 3.68. The molecule has 3 aromatic rings. The zero-order valence-electron chi connectivity index (χ0n) is 18.0. The predicted molar refractivity (Wildman–Crippen MR) is 121 cm³/mol. The van der Waals surface area contributed by atoms with Crippen LogP contribution in [0.15, 0.2) is 84.9 Å². The van der Waals surface area contributed by atoms with E-state index in [9.17, 15) is 9.59 Å². The van der Waals surface area contributed by atoms with E-state index in [1.165, 1.54) is 7.11 Å². The van der Waals surface area contributed by atoms with Crippen molar-refractivity contribution < 1.29 is 23.8 Å². The van der Waals surface area contributed by atoms with Crippen molar-refractivity contribution in [1.29, 1.82) is 0 Å². The van der Waals surface area contributed by atoms with Gasteiger partial charge in [0.25, 0.3) is 0 Å². The number of carbonyl (C=O) groups is 2. The van der Waals surface area contributed by atoms with E-state index in [4.69, 9.17) is 14.2 Å². The number of hydrogen-bond acceptors (Lipinski definition) is 5. The smallest absolute Gasteiger partial charge is 0.328 e. The van der Waals surface area contributed by atoms with Crippen LogP contribution in [0.4, 0.5) is 0 Å². The van der Waals surface area contributed by atoms with Crippen LogP contribution < -0.4 is 10.1 Å². The maximum Gasteiger partial charge on any atom is 0.328 e. The molecule has 1 atom stereocenters. The topological polar surface area (TPSA) is 73.9 Å². The van der Waals surface area contributed by atoms with Crippen LogP contribution >= 0.6 is 0 Å². The molecule has 0 fully saturated rings. The molecule has 0 unspecified atom stereocenters. The second kappa shape index (κ2) is 12.3. The van der Waals surface area contributed by atoms with E-state index < -0.39 is 12.0 Å². The molecular weight excluding hydrogens is 406 g/mol. The summed E-state index contributed by atoms with van der Waals surface area (Å²) in [7, 11) is 1.30. The second-order valence-corrected chi connectivity index (χ2v) is 7.24. The molecule has 0 aliphatic rings. The van der Waals surface area contributed by atoms with Crippen molar-refractivity contribution in [2.24, 2.45) is 0 Å². The summed E-state index contributed by atoms with van der Waals surface area (Å²) in [5.74, 6) is -0.157. The number of nitrogens with one attached hydrogen (secondary N) is 1. The third-order valence-electron chi connectivity index (χ3n) is 4.78. The highest BCUT2D eigenvalue weighted by atomic mass is 16.5. The highest BCUT2D eigenvalue weighted by molar-refractivity contribution is 5.85. The summed E-state index contributed by atoms with van der Waals surface area (Å²) in [6.45, 7) is 0.653. The van der Waals surface area contributed by atoms with Crippen molar-refractivity contribution in [3.05, 3.63) is 102 Å². The molecule has 0 aliphatic carbocycles. The minimum Gasteiger partial charge on any atom is -0.489 e. The number of hydrogen-bond donors (Lipinski definition) is 1. The standard InChI is InChI=1S/C26H27NO5/c1-30-26(29)24(27-25(28)19-31-17-21-8-4-2-5-9-21)16-20-12-14-23(15-13-20)32-18-22-10-6-3-7-11-22/h2-15,24H,16-19H2,1H3,(H,27,28)/t24-/m1/s1. The number of methoxy groups -OCH3 is 1. The lowest BCUT2D eigenvalue weighted by atomic mass is 10.1. The quantitative estimate of drug-likeness (QED) is 0.467. The SMILES string of the molecule is COC(=O)[C@@H](Cc1ccc(OCc2ccccc2)cc1)NC(=O)COCc1ccccc1. The number of esters is 1. The lowest BCUT2D eigenvalue weighted by molar-refractivity contribution is -0.145. The number of amides is 1. The molecule has 0 saturated carbocycles. The van der Waals surface area contributed by atoms with Gasteiger partial charge >= 0.3 is 5.97 Å². The van der Waals surface area contributed by atoms with E-state index in [1.807, 2.05) is 84.9 Å². The highest BCUT2D eigenvalue weighted by Crippen LogP contribution is 2.16. The van der Waals surface area contributed by atoms with Gasteiger partial charge in [-0.3, -0.25) is 4.79 Å². The van der Waals surface area contributed by atoms with Crippen molar-refractivity contribution in [3.63, 3.8) is 0 Å². The largest absolute Gasteiger partial charge is 0.489 e. The number of carbonyl (C=O) groups excluding carboxylic acids is 2. The molecule has 0 aliphatic heterocycles. The molecule has 0 saturated heterocycles. The van der Waals surface area contributed by atoms with Gasteiger partial charge in [-0.1, -0.05) is 72.8 Å². The van der Waals surface area contributed by atoms with E-state index in [-0.39, 0.29) is 12.5 Å². The molecule has 3 rings (SSSR count). The minimum atomic E-state index is -0.802. The van der Waals surface area contributed by atoms with Crippen LogP contribution in [0.1, 0.15) is 16.7 Å². The zero-order chi connectivity index (χ0) is 22.6.